The van der Waals surface area contributed by atoms with Crippen molar-refractivity contribution in [2.24, 2.45) is 5.11 Å². The van der Waals surface area contributed by atoms with Crippen molar-refractivity contribution in [1.82, 2.24) is 5.32 Å². The molecule has 3 aliphatic rings. The highest BCUT2D eigenvalue weighted by Gasteiger charge is 2.54. The largest absolute Gasteiger partial charge is 0.394 e. The Morgan fingerprint density at radius 1 is 0.762 bits per heavy atom. The summed E-state index contributed by atoms with van der Waals surface area (Å²) in [7, 11) is 0. The molecule has 3 saturated heterocycles. The Hall–Kier alpha value is -1.82. The van der Waals surface area contributed by atoms with Crippen molar-refractivity contribution >= 4 is 5.91 Å². The van der Waals surface area contributed by atoms with Crippen molar-refractivity contribution < 1.29 is 79.2 Å². The molecule has 1 amide bonds. The summed E-state index contributed by atoms with van der Waals surface area (Å²) in [6, 6.07) is -1.44. The van der Waals surface area contributed by atoms with Gasteiger partial charge in [0.05, 0.1) is 26.4 Å². The van der Waals surface area contributed by atoms with Gasteiger partial charge in [-0.05, 0) is 5.53 Å². The van der Waals surface area contributed by atoms with Crippen molar-refractivity contribution in [2.45, 2.75) is 99.0 Å². The fourth-order valence-corrected chi connectivity index (χ4v) is 4.84. The first-order valence-corrected chi connectivity index (χ1v) is 13.1. The van der Waals surface area contributed by atoms with Crippen LogP contribution in [0.5, 0.6) is 0 Å². The van der Waals surface area contributed by atoms with Gasteiger partial charge in [0, 0.05) is 18.4 Å². The molecule has 3 fully saturated rings. The van der Waals surface area contributed by atoms with E-state index in [0.29, 0.717) is 0 Å². The van der Waals surface area contributed by atoms with E-state index in [-0.39, 0.29) is 13.2 Å². The summed E-state index contributed by atoms with van der Waals surface area (Å²) in [4.78, 5) is 14.3. The third-order valence-corrected chi connectivity index (χ3v) is 7.01. The lowest BCUT2D eigenvalue weighted by molar-refractivity contribution is -0.375. The molecule has 0 aliphatic carbocycles. The SMILES string of the molecule is CC(=O)N[C@H]1[C@H](O[C@H]2[C@@H](O)[C@@H](CO)O[C@@H](O[C@H]3[C@H](O)[C@@H](O)[C@H](OCCN=[N+]=[N-])O[C@@H]3CO)[C@@H]2O)O[C@H](CO)[C@@H](O)[C@@H]1O. The van der Waals surface area contributed by atoms with Gasteiger partial charge in [0.1, 0.15) is 73.2 Å². The number of rotatable bonds is 12. The quantitative estimate of drug-likeness (QED) is 0.0423. The summed E-state index contributed by atoms with van der Waals surface area (Å²) in [6.45, 7) is -1.55. The van der Waals surface area contributed by atoms with E-state index in [2.05, 4.69) is 15.3 Å². The van der Waals surface area contributed by atoms with Gasteiger partial charge in [0.25, 0.3) is 0 Å². The fourth-order valence-electron chi connectivity index (χ4n) is 4.84. The van der Waals surface area contributed by atoms with Crippen LogP contribution in [0.2, 0.25) is 0 Å². The van der Waals surface area contributed by atoms with E-state index < -0.39 is 118 Å². The van der Waals surface area contributed by atoms with Crippen LogP contribution in [0.4, 0.5) is 0 Å². The van der Waals surface area contributed by atoms with Gasteiger partial charge < -0.3 is 79.7 Å². The van der Waals surface area contributed by atoms with E-state index >= 15 is 0 Å². The second kappa shape index (κ2) is 15.8. The minimum Gasteiger partial charge on any atom is -0.394 e. The standard InChI is InChI=1S/C22H38N4O16/c1-7(30)25-11-14(33)12(31)8(4-27)38-20(11)42-19-13(32)9(5-28)39-22(17(19)36)41-18-10(6-29)40-21(16(35)15(18)34)37-3-2-24-26-23/h8-22,27-29,31-36H,2-6H2,1H3,(H,25,30)/t8-,9-,10-,11-,12-,13+,14-,15-,16-,17-,18-,19+,20+,21-,22+/m1/s1. The number of amides is 1. The molecule has 0 aromatic heterocycles. The molecule has 0 bridgehead atoms. The lowest BCUT2D eigenvalue weighted by Gasteiger charge is -2.48. The van der Waals surface area contributed by atoms with Gasteiger partial charge in [-0.3, -0.25) is 4.79 Å². The van der Waals surface area contributed by atoms with Crippen LogP contribution in [0, 0.1) is 0 Å². The number of aliphatic hydroxyl groups excluding tert-OH is 9. The Balaban J connectivity index is 1.79. The number of nitrogens with one attached hydrogen (secondary N) is 1. The maximum atomic E-state index is 11.7. The van der Waals surface area contributed by atoms with E-state index in [4.69, 9.17) is 34.0 Å². The molecule has 15 atom stereocenters. The average Bonchev–Trinajstić information content (AvgIpc) is 2.97. The second-order valence-electron chi connectivity index (χ2n) is 9.87. The van der Waals surface area contributed by atoms with Crippen LogP contribution in [0.1, 0.15) is 6.92 Å². The van der Waals surface area contributed by atoms with E-state index in [1.165, 1.54) is 0 Å². The number of nitrogens with zero attached hydrogens (tertiary/aromatic N) is 3. The first-order valence-electron chi connectivity index (χ1n) is 13.1. The van der Waals surface area contributed by atoms with Crippen molar-refractivity contribution in [3.8, 4) is 0 Å². The van der Waals surface area contributed by atoms with Crippen molar-refractivity contribution in [2.75, 3.05) is 33.0 Å². The first kappa shape index (κ1) is 34.7. The summed E-state index contributed by atoms with van der Waals surface area (Å²) in [5.74, 6) is -0.659. The number of carbonyl (C=O) groups is 1. The van der Waals surface area contributed by atoms with Crippen molar-refractivity contribution in [3.05, 3.63) is 10.4 Å². The van der Waals surface area contributed by atoms with Crippen LogP contribution < -0.4 is 5.32 Å². The zero-order valence-corrected chi connectivity index (χ0v) is 22.4. The zero-order valence-electron chi connectivity index (χ0n) is 22.4. The Morgan fingerprint density at radius 2 is 1.33 bits per heavy atom. The number of aliphatic hydroxyl groups is 9. The number of carbonyl (C=O) groups excluding carboxylic acids is 1. The number of hydrogen-bond acceptors (Lipinski definition) is 17. The Kier molecular flexibility index (Phi) is 13.0. The van der Waals surface area contributed by atoms with Crippen LogP contribution in [0.15, 0.2) is 5.11 Å². The molecule has 0 spiro atoms. The number of hydrogen-bond donors (Lipinski definition) is 10. The van der Waals surface area contributed by atoms with Crippen LogP contribution >= 0.6 is 0 Å². The molecule has 10 N–H and O–H groups in total. The molecule has 0 radical (unpaired) electrons. The smallest absolute Gasteiger partial charge is 0.217 e. The minimum absolute atomic E-state index is 0.111. The Bertz CT molecular complexity index is 914. The summed E-state index contributed by atoms with van der Waals surface area (Å²) in [5, 5.41) is 98.6. The normalized spacial score (nSPS) is 44.3. The van der Waals surface area contributed by atoms with E-state index in [1.54, 1.807) is 0 Å². The molecule has 42 heavy (non-hydrogen) atoms. The molecule has 3 rings (SSSR count). The lowest BCUT2D eigenvalue weighted by Crippen LogP contribution is -2.68. The molecule has 0 saturated carbocycles. The van der Waals surface area contributed by atoms with Gasteiger partial charge in [0.2, 0.25) is 5.91 Å². The summed E-state index contributed by atoms with van der Waals surface area (Å²) in [5.41, 5.74) is 8.35. The lowest BCUT2D eigenvalue weighted by atomic mass is 9.95. The second-order valence-corrected chi connectivity index (χ2v) is 9.87. The third kappa shape index (κ3) is 7.81. The highest BCUT2D eigenvalue weighted by molar-refractivity contribution is 5.73. The molecular formula is C22H38N4O16. The van der Waals surface area contributed by atoms with E-state index in [1.807, 2.05) is 0 Å². The highest BCUT2D eigenvalue weighted by atomic mass is 16.8. The summed E-state index contributed by atoms with van der Waals surface area (Å²) < 4.78 is 33.0. The van der Waals surface area contributed by atoms with Crippen molar-refractivity contribution in [3.63, 3.8) is 0 Å². The molecule has 3 heterocycles. The van der Waals surface area contributed by atoms with Gasteiger partial charge in [-0.15, -0.1) is 0 Å². The predicted molar refractivity (Wildman–Crippen MR) is 131 cm³/mol. The summed E-state index contributed by atoms with van der Waals surface area (Å²) >= 11 is 0. The van der Waals surface area contributed by atoms with E-state index in [9.17, 15) is 50.8 Å². The third-order valence-electron chi connectivity index (χ3n) is 7.01. The van der Waals surface area contributed by atoms with Gasteiger partial charge in [0.15, 0.2) is 18.9 Å². The van der Waals surface area contributed by atoms with Gasteiger partial charge in [-0.1, -0.05) is 5.11 Å². The van der Waals surface area contributed by atoms with E-state index in [0.717, 1.165) is 6.92 Å². The number of azide groups is 1. The van der Waals surface area contributed by atoms with Gasteiger partial charge in [-0.25, -0.2) is 0 Å². The first-order chi connectivity index (χ1) is 20.0. The molecule has 20 heteroatoms. The molecule has 3 aliphatic heterocycles. The molecule has 0 aromatic carbocycles. The highest BCUT2D eigenvalue weighted by Crippen LogP contribution is 2.32. The molecule has 20 nitrogen and oxygen atoms in total. The Labute approximate surface area is 238 Å². The zero-order chi connectivity index (χ0) is 31.1. The maximum absolute atomic E-state index is 11.7. The van der Waals surface area contributed by atoms with Crippen LogP contribution in [-0.2, 0) is 33.2 Å². The molecule has 0 unspecified atom stereocenters. The van der Waals surface area contributed by atoms with Crippen molar-refractivity contribution in [1.29, 1.82) is 0 Å². The van der Waals surface area contributed by atoms with Gasteiger partial charge in [-0.2, -0.15) is 0 Å². The number of ether oxygens (including phenoxy) is 6. The Morgan fingerprint density at radius 3 is 1.93 bits per heavy atom. The monoisotopic (exact) mass is 614 g/mol. The van der Waals surface area contributed by atoms with Crippen LogP contribution in [0.3, 0.4) is 0 Å². The maximum Gasteiger partial charge on any atom is 0.217 e. The fraction of sp³-hybridized carbons (Fsp3) is 0.955. The predicted octanol–water partition coefficient (Wildman–Crippen LogP) is -6.09. The van der Waals surface area contributed by atoms with Crippen LogP contribution in [-0.4, -0.2) is 177 Å². The van der Waals surface area contributed by atoms with Crippen LogP contribution in [0.25, 0.3) is 10.4 Å². The average molecular weight is 615 g/mol. The molecule has 0 aromatic rings. The summed E-state index contributed by atoms with van der Waals surface area (Å²) in [6.07, 6.45) is -23.0. The molecule has 242 valence electrons. The topological polar surface area (TPSA) is 315 Å². The molecular weight excluding hydrogens is 576 g/mol. The van der Waals surface area contributed by atoms with Gasteiger partial charge >= 0.3 is 0 Å². The minimum atomic E-state index is -1.93.